The van der Waals surface area contributed by atoms with Crippen molar-refractivity contribution in [1.29, 1.82) is 0 Å². The molecule has 0 fully saturated rings. The van der Waals surface area contributed by atoms with Crippen LogP contribution in [-0.4, -0.2) is 24.4 Å². The van der Waals surface area contributed by atoms with Gasteiger partial charge in [0.25, 0.3) is 0 Å². The molecule has 0 aromatic heterocycles. The number of aliphatic hydroxyl groups is 1. The van der Waals surface area contributed by atoms with Crippen molar-refractivity contribution in [1.82, 2.24) is 5.32 Å². The van der Waals surface area contributed by atoms with Crippen LogP contribution in [-0.2, 0) is 0 Å². The van der Waals surface area contributed by atoms with E-state index in [0.29, 0.717) is 6.54 Å². The third kappa shape index (κ3) is 4.86. The Labute approximate surface area is 133 Å². The molecule has 0 saturated carbocycles. The Morgan fingerprint density at radius 1 is 1.05 bits per heavy atom. The zero-order valence-corrected chi connectivity index (χ0v) is 13.5. The zero-order chi connectivity index (χ0) is 15.9. The van der Waals surface area contributed by atoms with Gasteiger partial charge in [0, 0.05) is 12.6 Å². The van der Waals surface area contributed by atoms with Crippen LogP contribution in [0.1, 0.15) is 29.7 Å². The Kier molecular flexibility index (Phi) is 5.99. The lowest BCUT2D eigenvalue weighted by molar-refractivity contribution is 0.104. The van der Waals surface area contributed by atoms with Crippen LogP contribution in [0.3, 0.4) is 0 Å². The first-order valence-electron chi connectivity index (χ1n) is 7.72. The van der Waals surface area contributed by atoms with Gasteiger partial charge in [0.05, 0.1) is 0 Å². The molecule has 3 heteroatoms. The normalized spacial score (nSPS) is 13.6. The maximum atomic E-state index is 10.0. The van der Waals surface area contributed by atoms with Gasteiger partial charge in [-0.25, -0.2) is 0 Å². The molecule has 2 N–H and O–H groups in total. The van der Waals surface area contributed by atoms with Crippen molar-refractivity contribution in [3.8, 4) is 5.75 Å². The predicted molar refractivity (Wildman–Crippen MR) is 90.3 cm³/mol. The molecule has 0 amide bonds. The molecule has 0 aliphatic heterocycles. The Bertz CT molecular complexity index is 583. The highest BCUT2D eigenvalue weighted by Gasteiger charge is 2.09. The maximum Gasteiger partial charge on any atom is 0.119 e. The number of nitrogens with one attached hydrogen (secondary N) is 1. The van der Waals surface area contributed by atoms with Crippen molar-refractivity contribution in [2.75, 3.05) is 13.2 Å². The lowest BCUT2D eigenvalue weighted by atomic mass is 10.1. The molecule has 22 heavy (non-hydrogen) atoms. The number of aliphatic hydroxyl groups excluding tert-OH is 1. The van der Waals surface area contributed by atoms with E-state index in [9.17, 15) is 5.11 Å². The van der Waals surface area contributed by atoms with Crippen LogP contribution in [0.5, 0.6) is 5.75 Å². The second-order valence-electron chi connectivity index (χ2n) is 5.75. The van der Waals surface area contributed by atoms with Crippen molar-refractivity contribution in [3.05, 3.63) is 65.2 Å². The van der Waals surface area contributed by atoms with E-state index in [2.05, 4.69) is 38.2 Å². The minimum Gasteiger partial charge on any atom is -0.491 e. The van der Waals surface area contributed by atoms with E-state index < -0.39 is 6.10 Å². The number of aryl methyl sites for hydroxylation is 2. The van der Waals surface area contributed by atoms with Gasteiger partial charge in [-0.1, -0.05) is 36.4 Å². The predicted octanol–water partition coefficient (Wildman–Crippen LogP) is 3.39. The highest BCUT2D eigenvalue weighted by molar-refractivity contribution is 5.33. The van der Waals surface area contributed by atoms with Crippen molar-refractivity contribution in [2.45, 2.75) is 32.9 Å². The van der Waals surface area contributed by atoms with Crippen LogP contribution < -0.4 is 10.1 Å². The summed E-state index contributed by atoms with van der Waals surface area (Å²) >= 11 is 0. The monoisotopic (exact) mass is 299 g/mol. The highest BCUT2D eigenvalue weighted by Crippen LogP contribution is 2.16. The molecule has 0 unspecified atom stereocenters. The minimum atomic E-state index is -0.534. The lowest BCUT2D eigenvalue weighted by Gasteiger charge is -2.18. The fraction of sp³-hybridized carbons (Fsp3) is 0.368. The van der Waals surface area contributed by atoms with Crippen molar-refractivity contribution in [3.63, 3.8) is 0 Å². The fourth-order valence-corrected chi connectivity index (χ4v) is 2.23. The van der Waals surface area contributed by atoms with Crippen molar-refractivity contribution in [2.24, 2.45) is 0 Å². The molecule has 2 aromatic rings. The number of rotatable bonds is 7. The van der Waals surface area contributed by atoms with E-state index in [1.165, 1.54) is 16.7 Å². The number of benzene rings is 2. The Morgan fingerprint density at radius 2 is 1.77 bits per heavy atom. The van der Waals surface area contributed by atoms with Crippen LogP contribution in [0, 0.1) is 13.8 Å². The van der Waals surface area contributed by atoms with Gasteiger partial charge in [-0.05, 0) is 49.6 Å². The van der Waals surface area contributed by atoms with Crippen LogP contribution in [0.4, 0.5) is 0 Å². The third-order valence-electron chi connectivity index (χ3n) is 3.88. The molecule has 0 radical (unpaired) electrons. The summed E-state index contributed by atoms with van der Waals surface area (Å²) < 4.78 is 5.65. The molecular weight excluding hydrogens is 274 g/mol. The standard InChI is InChI=1S/C19H25NO2/c1-14-9-10-19(11-15(14)2)22-13-18(21)12-20-16(3)17-7-5-4-6-8-17/h4-11,16,18,20-21H,12-13H2,1-3H3/t16-,18+/m1/s1. The largest absolute Gasteiger partial charge is 0.491 e. The summed E-state index contributed by atoms with van der Waals surface area (Å²) in [6.07, 6.45) is -0.534. The summed E-state index contributed by atoms with van der Waals surface area (Å²) in [6.45, 7) is 7.01. The number of hydrogen-bond donors (Lipinski definition) is 2. The molecule has 0 heterocycles. The molecule has 0 aliphatic carbocycles. The van der Waals surface area contributed by atoms with Crippen LogP contribution in [0.25, 0.3) is 0 Å². The molecule has 0 spiro atoms. The van der Waals surface area contributed by atoms with Gasteiger partial charge in [-0.3, -0.25) is 0 Å². The van der Waals surface area contributed by atoms with Crippen LogP contribution >= 0.6 is 0 Å². The number of ether oxygens (including phenoxy) is 1. The van der Waals surface area contributed by atoms with Gasteiger partial charge in [0.2, 0.25) is 0 Å². The summed E-state index contributed by atoms with van der Waals surface area (Å²) in [4.78, 5) is 0. The van der Waals surface area contributed by atoms with E-state index in [1.807, 2.05) is 36.4 Å². The third-order valence-corrected chi connectivity index (χ3v) is 3.88. The SMILES string of the molecule is Cc1ccc(OC[C@@H](O)CN[C@H](C)c2ccccc2)cc1C. The first-order chi connectivity index (χ1) is 10.6. The van der Waals surface area contributed by atoms with Gasteiger partial charge in [0.15, 0.2) is 0 Å². The summed E-state index contributed by atoms with van der Waals surface area (Å²) in [7, 11) is 0. The maximum absolute atomic E-state index is 10.0. The first kappa shape index (κ1) is 16.5. The van der Waals surface area contributed by atoms with Gasteiger partial charge < -0.3 is 15.2 Å². The fourth-order valence-electron chi connectivity index (χ4n) is 2.23. The molecule has 118 valence electrons. The van der Waals surface area contributed by atoms with E-state index in [4.69, 9.17) is 4.74 Å². The van der Waals surface area contributed by atoms with E-state index in [0.717, 1.165) is 5.75 Å². The van der Waals surface area contributed by atoms with Crippen molar-refractivity contribution >= 4 is 0 Å². The second-order valence-corrected chi connectivity index (χ2v) is 5.75. The summed E-state index contributed by atoms with van der Waals surface area (Å²) in [6, 6.07) is 16.4. The topological polar surface area (TPSA) is 41.5 Å². The van der Waals surface area contributed by atoms with Gasteiger partial charge in [-0.2, -0.15) is 0 Å². The number of hydrogen-bond acceptors (Lipinski definition) is 3. The van der Waals surface area contributed by atoms with Crippen molar-refractivity contribution < 1.29 is 9.84 Å². The van der Waals surface area contributed by atoms with Gasteiger partial charge in [0.1, 0.15) is 18.5 Å². The summed E-state index contributed by atoms with van der Waals surface area (Å²) in [5.41, 5.74) is 3.65. The zero-order valence-electron chi connectivity index (χ0n) is 13.5. The quantitative estimate of drug-likeness (QED) is 0.823. The van der Waals surface area contributed by atoms with E-state index >= 15 is 0 Å². The molecule has 0 aliphatic rings. The Hall–Kier alpha value is -1.84. The Balaban J connectivity index is 1.76. The molecule has 2 rings (SSSR count). The lowest BCUT2D eigenvalue weighted by Crippen LogP contribution is -2.33. The molecule has 0 saturated heterocycles. The summed E-state index contributed by atoms with van der Waals surface area (Å²) in [5.74, 6) is 0.804. The first-order valence-corrected chi connectivity index (χ1v) is 7.72. The average Bonchev–Trinajstić information content (AvgIpc) is 2.54. The van der Waals surface area contributed by atoms with E-state index in [-0.39, 0.29) is 12.6 Å². The molecule has 3 nitrogen and oxygen atoms in total. The van der Waals surface area contributed by atoms with Gasteiger partial charge >= 0.3 is 0 Å². The smallest absolute Gasteiger partial charge is 0.119 e. The minimum absolute atomic E-state index is 0.206. The molecule has 0 bridgehead atoms. The summed E-state index contributed by atoms with van der Waals surface area (Å²) in [5, 5.41) is 13.4. The Morgan fingerprint density at radius 3 is 2.45 bits per heavy atom. The van der Waals surface area contributed by atoms with Gasteiger partial charge in [-0.15, -0.1) is 0 Å². The molecule has 2 atom stereocenters. The average molecular weight is 299 g/mol. The van der Waals surface area contributed by atoms with Crippen LogP contribution in [0.15, 0.2) is 48.5 Å². The molecular formula is C19H25NO2. The molecule has 2 aromatic carbocycles. The highest BCUT2D eigenvalue weighted by atomic mass is 16.5. The van der Waals surface area contributed by atoms with Crippen LogP contribution in [0.2, 0.25) is 0 Å². The second kappa shape index (κ2) is 7.97. The van der Waals surface area contributed by atoms with E-state index in [1.54, 1.807) is 0 Å².